The van der Waals surface area contributed by atoms with Crippen molar-refractivity contribution in [2.75, 3.05) is 5.32 Å². The highest BCUT2D eigenvalue weighted by atomic mass is 79.9. The molecule has 0 amide bonds. The number of hydrogen-bond acceptors (Lipinski definition) is 1. The van der Waals surface area contributed by atoms with Gasteiger partial charge in [-0.25, -0.2) is 13.2 Å². The first-order chi connectivity index (χ1) is 9.51. The molecule has 106 valence electrons. The molecular weight excluding hydrogens is 331 g/mol. The Kier molecular flexibility index (Phi) is 4.70. The molecule has 1 nitrogen and oxygen atoms in total. The predicted octanol–water partition coefficient (Wildman–Crippen LogP) is 5.04. The summed E-state index contributed by atoms with van der Waals surface area (Å²) in [6.07, 6.45) is 0.827. The Morgan fingerprint density at radius 2 is 1.70 bits per heavy atom. The van der Waals surface area contributed by atoms with E-state index in [1.807, 2.05) is 25.1 Å². The molecule has 1 N–H and O–H groups in total. The molecule has 0 aliphatic rings. The van der Waals surface area contributed by atoms with Gasteiger partial charge in [0, 0.05) is 16.7 Å². The highest BCUT2D eigenvalue weighted by Crippen LogP contribution is 2.22. The molecule has 0 radical (unpaired) electrons. The average molecular weight is 344 g/mol. The zero-order valence-corrected chi connectivity index (χ0v) is 12.4. The van der Waals surface area contributed by atoms with E-state index in [0.29, 0.717) is 5.56 Å². The molecule has 0 aliphatic heterocycles. The van der Waals surface area contributed by atoms with Crippen LogP contribution in [-0.4, -0.2) is 0 Å². The minimum Gasteiger partial charge on any atom is -0.381 e. The summed E-state index contributed by atoms with van der Waals surface area (Å²) >= 11 is 3.39. The summed E-state index contributed by atoms with van der Waals surface area (Å²) in [6, 6.07) is 7.74. The molecule has 5 heteroatoms. The Morgan fingerprint density at radius 3 is 2.30 bits per heavy atom. The fourth-order valence-electron chi connectivity index (χ4n) is 1.93. The standard InChI is InChI=1S/C15H13BrF3N/c1-2-10-7-11(16)3-4-14(10)20-8-9-5-12(17)15(19)13(18)6-9/h3-7,20H,2,8H2,1H3. The summed E-state index contributed by atoms with van der Waals surface area (Å²) in [5.41, 5.74) is 2.33. The van der Waals surface area contributed by atoms with Crippen LogP contribution in [0.2, 0.25) is 0 Å². The van der Waals surface area contributed by atoms with Crippen molar-refractivity contribution in [2.24, 2.45) is 0 Å². The maximum absolute atomic E-state index is 13.1. The van der Waals surface area contributed by atoms with Crippen LogP contribution in [0.3, 0.4) is 0 Å². The zero-order chi connectivity index (χ0) is 14.7. The normalized spacial score (nSPS) is 10.7. The van der Waals surface area contributed by atoms with Crippen molar-refractivity contribution in [3.63, 3.8) is 0 Å². The van der Waals surface area contributed by atoms with Crippen molar-refractivity contribution in [2.45, 2.75) is 19.9 Å². The summed E-state index contributed by atoms with van der Waals surface area (Å²) in [5, 5.41) is 3.10. The highest BCUT2D eigenvalue weighted by molar-refractivity contribution is 9.10. The fraction of sp³-hybridized carbons (Fsp3) is 0.200. The van der Waals surface area contributed by atoms with Crippen molar-refractivity contribution in [1.82, 2.24) is 0 Å². The Bertz CT molecular complexity index is 606. The molecule has 0 atom stereocenters. The number of aryl methyl sites for hydroxylation is 1. The lowest BCUT2D eigenvalue weighted by Crippen LogP contribution is -2.04. The van der Waals surface area contributed by atoms with E-state index in [1.165, 1.54) is 0 Å². The molecule has 0 unspecified atom stereocenters. The van der Waals surface area contributed by atoms with Gasteiger partial charge in [-0.2, -0.15) is 0 Å². The van der Waals surface area contributed by atoms with E-state index in [-0.39, 0.29) is 6.54 Å². The number of benzene rings is 2. The predicted molar refractivity (Wildman–Crippen MR) is 77.2 cm³/mol. The molecule has 20 heavy (non-hydrogen) atoms. The molecule has 0 fully saturated rings. The van der Waals surface area contributed by atoms with E-state index in [0.717, 1.165) is 34.3 Å². The van der Waals surface area contributed by atoms with Crippen LogP contribution in [0.1, 0.15) is 18.1 Å². The highest BCUT2D eigenvalue weighted by Gasteiger charge is 2.10. The molecule has 0 spiro atoms. The lowest BCUT2D eigenvalue weighted by Gasteiger charge is -2.12. The quantitative estimate of drug-likeness (QED) is 0.766. The second-order valence-electron chi connectivity index (χ2n) is 4.38. The molecule has 2 rings (SSSR count). The number of nitrogens with one attached hydrogen (secondary N) is 1. The molecule has 0 saturated carbocycles. The Hall–Kier alpha value is -1.49. The molecule has 0 aromatic heterocycles. The summed E-state index contributed by atoms with van der Waals surface area (Å²) in [7, 11) is 0. The number of halogens is 4. The third kappa shape index (κ3) is 3.33. The minimum absolute atomic E-state index is 0.225. The Morgan fingerprint density at radius 1 is 1.05 bits per heavy atom. The van der Waals surface area contributed by atoms with Gasteiger partial charge >= 0.3 is 0 Å². The third-order valence-electron chi connectivity index (χ3n) is 2.97. The molecular formula is C15H13BrF3N. The smallest absolute Gasteiger partial charge is 0.194 e. The van der Waals surface area contributed by atoms with Crippen molar-refractivity contribution in [1.29, 1.82) is 0 Å². The van der Waals surface area contributed by atoms with Gasteiger partial charge in [-0.1, -0.05) is 22.9 Å². The van der Waals surface area contributed by atoms with E-state index in [1.54, 1.807) is 0 Å². The first kappa shape index (κ1) is 14.9. The SMILES string of the molecule is CCc1cc(Br)ccc1NCc1cc(F)c(F)c(F)c1. The van der Waals surface area contributed by atoms with Crippen LogP contribution in [0.25, 0.3) is 0 Å². The monoisotopic (exact) mass is 343 g/mol. The average Bonchev–Trinajstić information content (AvgIpc) is 2.43. The van der Waals surface area contributed by atoms with Crippen LogP contribution in [0.5, 0.6) is 0 Å². The van der Waals surface area contributed by atoms with Gasteiger partial charge in [0.15, 0.2) is 17.5 Å². The summed E-state index contributed by atoms with van der Waals surface area (Å²) in [6.45, 7) is 2.24. The van der Waals surface area contributed by atoms with Gasteiger partial charge < -0.3 is 5.32 Å². The third-order valence-corrected chi connectivity index (χ3v) is 3.47. The molecule has 0 aliphatic carbocycles. The number of rotatable bonds is 4. The van der Waals surface area contributed by atoms with Crippen LogP contribution < -0.4 is 5.32 Å². The van der Waals surface area contributed by atoms with E-state index < -0.39 is 17.5 Å². The van der Waals surface area contributed by atoms with Crippen LogP contribution in [0.15, 0.2) is 34.8 Å². The number of hydrogen-bond donors (Lipinski definition) is 1. The van der Waals surface area contributed by atoms with Gasteiger partial charge in [-0.15, -0.1) is 0 Å². The zero-order valence-electron chi connectivity index (χ0n) is 10.8. The van der Waals surface area contributed by atoms with Gasteiger partial charge in [-0.3, -0.25) is 0 Å². The van der Waals surface area contributed by atoms with Crippen molar-refractivity contribution >= 4 is 21.6 Å². The lowest BCUT2D eigenvalue weighted by atomic mass is 10.1. The summed E-state index contributed by atoms with van der Waals surface area (Å²) in [4.78, 5) is 0. The summed E-state index contributed by atoms with van der Waals surface area (Å²) < 4.78 is 40.1. The van der Waals surface area contributed by atoms with E-state index in [4.69, 9.17) is 0 Å². The van der Waals surface area contributed by atoms with Crippen molar-refractivity contribution in [3.8, 4) is 0 Å². The fourth-order valence-corrected chi connectivity index (χ4v) is 2.34. The Balaban J connectivity index is 2.17. The minimum atomic E-state index is -1.44. The summed E-state index contributed by atoms with van der Waals surface area (Å²) in [5.74, 6) is -3.78. The van der Waals surface area contributed by atoms with Crippen LogP contribution in [0.4, 0.5) is 18.9 Å². The lowest BCUT2D eigenvalue weighted by molar-refractivity contribution is 0.445. The van der Waals surface area contributed by atoms with Crippen LogP contribution in [0, 0.1) is 17.5 Å². The second kappa shape index (κ2) is 6.31. The maximum atomic E-state index is 13.1. The Labute approximate surface area is 123 Å². The van der Waals surface area contributed by atoms with Crippen molar-refractivity contribution in [3.05, 3.63) is 63.4 Å². The maximum Gasteiger partial charge on any atom is 0.194 e. The van der Waals surface area contributed by atoms with Crippen molar-refractivity contribution < 1.29 is 13.2 Å². The second-order valence-corrected chi connectivity index (χ2v) is 5.30. The van der Waals surface area contributed by atoms with Gasteiger partial charge in [-0.05, 0) is 47.9 Å². The topological polar surface area (TPSA) is 12.0 Å². The van der Waals surface area contributed by atoms with Gasteiger partial charge in [0.25, 0.3) is 0 Å². The van der Waals surface area contributed by atoms with E-state index in [9.17, 15) is 13.2 Å². The molecule has 2 aromatic rings. The van der Waals surface area contributed by atoms with Crippen LogP contribution >= 0.6 is 15.9 Å². The molecule has 0 saturated heterocycles. The molecule has 2 aromatic carbocycles. The van der Waals surface area contributed by atoms with Gasteiger partial charge in [0.1, 0.15) is 0 Å². The first-order valence-corrected chi connectivity index (χ1v) is 6.96. The van der Waals surface area contributed by atoms with Gasteiger partial charge in [0.05, 0.1) is 0 Å². The van der Waals surface area contributed by atoms with E-state index in [2.05, 4.69) is 21.2 Å². The first-order valence-electron chi connectivity index (χ1n) is 6.17. The van der Waals surface area contributed by atoms with Crippen LogP contribution in [-0.2, 0) is 13.0 Å². The molecule has 0 heterocycles. The van der Waals surface area contributed by atoms with E-state index >= 15 is 0 Å². The van der Waals surface area contributed by atoms with Gasteiger partial charge in [0.2, 0.25) is 0 Å². The largest absolute Gasteiger partial charge is 0.381 e. The molecule has 0 bridgehead atoms. The number of anilines is 1.